The van der Waals surface area contributed by atoms with Gasteiger partial charge in [0, 0.05) is 39.8 Å². The summed E-state index contributed by atoms with van der Waals surface area (Å²) in [7, 11) is 2.00. The minimum Gasteiger partial charge on any atom is -0.342 e. The predicted octanol–water partition coefficient (Wildman–Crippen LogP) is 2.37. The summed E-state index contributed by atoms with van der Waals surface area (Å²) in [5.41, 5.74) is 6.05. The number of nitrogens with zero attached hydrogens (tertiary/aromatic N) is 4. The van der Waals surface area contributed by atoms with Crippen molar-refractivity contribution >= 4 is 5.91 Å². The highest BCUT2D eigenvalue weighted by Crippen LogP contribution is 2.31. The highest BCUT2D eigenvalue weighted by Gasteiger charge is 2.37. The Bertz CT molecular complexity index is 786. The van der Waals surface area contributed by atoms with Gasteiger partial charge in [0.2, 0.25) is 5.91 Å². The fourth-order valence-electron chi connectivity index (χ4n) is 4.17. The van der Waals surface area contributed by atoms with Crippen molar-refractivity contribution in [3.05, 3.63) is 52.6 Å². The molecule has 2 aromatic rings. The van der Waals surface area contributed by atoms with Gasteiger partial charge in [0.05, 0.1) is 23.6 Å². The van der Waals surface area contributed by atoms with E-state index >= 15 is 0 Å². The summed E-state index contributed by atoms with van der Waals surface area (Å²) in [6.45, 7) is 8.53. The monoisotopic (exact) mass is 338 g/mol. The summed E-state index contributed by atoms with van der Waals surface area (Å²) in [4.78, 5) is 21.9. The smallest absolute Gasteiger partial charge is 0.233 e. The number of likely N-dealkylation sites (tertiary alicyclic amines) is 1. The molecule has 0 saturated carbocycles. The number of carbonyl (C=O) groups excluding carboxylic acids is 1. The Balaban J connectivity index is 1.59. The standard InChI is InChI=1S/C20H26N4O/c1-14-7-15(2)9-16(8-14)10-23-11-17(20(25)24-5-4-6-24)19-18(12-23)21-13-22(19)3/h7-9,13,17H,4-6,10-12H2,1-3H3/t17-/m0/s1. The van der Waals surface area contributed by atoms with E-state index in [1.165, 1.54) is 16.7 Å². The molecule has 1 saturated heterocycles. The summed E-state index contributed by atoms with van der Waals surface area (Å²) in [5.74, 6) is 0.170. The van der Waals surface area contributed by atoms with Crippen LogP contribution in [0.3, 0.4) is 0 Å². The van der Waals surface area contributed by atoms with E-state index in [0.29, 0.717) is 0 Å². The van der Waals surface area contributed by atoms with Crippen molar-refractivity contribution in [3.8, 4) is 0 Å². The fourth-order valence-corrected chi connectivity index (χ4v) is 4.17. The van der Waals surface area contributed by atoms with Gasteiger partial charge in [-0.15, -0.1) is 0 Å². The van der Waals surface area contributed by atoms with E-state index < -0.39 is 0 Å². The van der Waals surface area contributed by atoms with Crippen LogP contribution >= 0.6 is 0 Å². The number of fused-ring (bicyclic) bond motifs is 1. The van der Waals surface area contributed by atoms with E-state index in [4.69, 9.17) is 0 Å². The second-order valence-electron chi connectivity index (χ2n) is 7.58. The molecule has 1 aromatic heterocycles. The second kappa shape index (κ2) is 6.30. The Morgan fingerprint density at radius 2 is 1.92 bits per heavy atom. The molecular formula is C20H26N4O. The maximum Gasteiger partial charge on any atom is 0.233 e. The van der Waals surface area contributed by atoms with E-state index in [9.17, 15) is 4.79 Å². The lowest BCUT2D eigenvalue weighted by Gasteiger charge is -2.38. The molecule has 5 nitrogen and oxygen atoms in total. The normalized spacial score (nSPS) is 20.3. The lowest BCUT2D eigenvalue weighted by Crippen LogP contribution is -2.48. The average molecular weight is 338 g/mol. The summed E-state index contributed by atoms with van der Waals surface area (Å²) >= 11 is 0. The van der Waals surface area contributed by atoms with Gasteiger partial charge in [-0.1, -0.05) is 29.3 Å². The Kier molecular flexibility index (Phi) is 4.12. The highest BCUT2D eigenvalue weighted by molar-refractivity contribution is 5.84. The van der Waals surface area contributed by atoms with E-state index in [1.54, 1.807) is 0 Å². The zero-order chi connectivity index (χ0) is 17.6. The summed E-state index contributed by atoms with van der Waals surface area (Å²) in [6, 6.07) is 6.69. The van der Waals surface area contributed by atoms with Crippen LogP contribution in [0.1, 0.15) is 40.4 Å². The van der Waals surface area contributed by atoms with Crippen molar-refractivity contribution < 1.29 is 4.79 Å². The minimum absolute atomic E-state index is 0.0949. The van der Waals surface area contributed by atoms with E-state index in [-0.39, 0.29) is 11.8 Å². The Hall–Kier alpha value is -2.14. The fraction of sp³-hybridized carbons (Fsp3) is 0.500. The molecule has 0 spiro atoms. The van der Waals surface area contributed by atoms with Crippen molar-refractivity contribution in [1.29, 1.82) is 0 Å². The first-order valence-electron chi connectivity index (χ1n) is 9.09. The van der Waals surface area contributed by atoms with Gasteiger partial charge in [0.15, 0.2) is 0 Å². The molecule has 1 amide bonds. The third kappa shape index (κ3) is 3.09. The topological polar surface area (TPSA) is 41.4 Å². The summed E-state index contributed by atoms with van der Waals surface area (Å²) in [6.07, 6.45) is 2.98. The van der Waals surface area contributed by atoms with Gasteiger partial charge in [-0.25, -0.2) is 4.98 Å². The molecule has 2 aliphatic rings. The van der Waals surface area contributed by atoms with Crippen LogP contribution in [0.2, 0.25) is 0 Å². The van der Waals surface area contributed by atoms with Crippen molar-refractivity contribution in [2.45, 2.75) is 39.3 Å². The molecule has 0 bridgehead atoms. The molecule has 1 aromatic carbocycles. The number of carbonyl (C=O) groups is 1. The average Bonchev–Trinajstić information content (AvgIpc) is 2.85. The number of imidazole rings is 1. The van der Waals surface area contributed by atoms with Crippen LogP contribution in [0.25, 0.3) is 0 Å². The lowest BCUT2D eigenvalue weighted by molar-refractivity contribution is -0.137. The van der Waals surface area contributed by atoms with Crippen molar-refractivity contribution in [1.82, 2.24) is 19.4 Å². The van der Waals surface area contributed by atoms with Crippen LogP contribution in [0.4, 0.5) is 0 Å². The van der Waals surface area contributed by atoms with Gasteiger partial charge in [-0.05, 0) is 25.8 Å². The Morgan fingerprint density at radius 1 is 1.20 bits per heavy atom. The van der Waals surface area contributed by atoms with E-state index in [1.807, 2.05) is 22.8 Å². The van der Waals surface area contributed by atoms with Crippen LogP contribution in [-0.4, -0.2) is 44.9 Å². The first-order valence-corrected chi connectivity index (χ1v) is 9.09. The SMILES string of the molecule is Cc1cc(C)cc(CN2Cc3ncn(C)c3[C@@H](C(=O)N3CCC3)C2)c1. The molecular weight excluding hydrogens is 312 g/mol. The van der Waals surface area contributed by atoms with Crippen LogP contribution in [-0.2, 0) is 24.9 Å². The number of amides is 1. The number of aryl methyl sites for hydroxylation is 3. The second-order valence-corrected chi connectivity index (χ2v) is 7.58. The van der Waals surface area contributed by atoms with Crippen molar-refractivity contribution in [3.63, 3.8) is 0 Å². The predicted molar refractivity (Wildman–Crippen MR) is 97.2 cm³/mol. The lowest BCUT2D eigenvalue weighted by atomic mass is 9.94. The zero-order valence-electron chi connectivity index (χ0n) is 15.3. The number of hydrogen-bond donors (Lipinski definition) is 0. The molecule has 132 valence electrons. The molecule has 0 N–H and O–H groups in total. The quantitative estimate of drug-likeness (QED) is 0.863. The molecule has 0 radical (unpaired) electrons. The molecule has 4 rings (SSSR count). The Labute approximate surface area is 149 Å². The van der Waals surface area contributed by atoms with Crippen LogP contribution in [0.15, 0.2) is 24.5 Å². The van der Waals surface area contributed by atoms with Gasteiger partial charge in [-0.2, -0.15) is 0 Å². The third-order valence-corrected chi connectivity index (χ3v) is 5.36. The molecule has 1 fully saturated rings. The number of rotatable bonds is 3. The van der Waals surface area contributed by atoms with Crippen molar-refractivity contribution in [2.75, 3.05) is 19.6 Å². The molecule has 0 unspecified atom stereocenters. The summed E-state index contributed by atoms with van der Waals surface area (Å²) in [5, 5.41) is 0. The Morgan fingerprint density at radius 3 is 2.56 bits per heavy atom. The van der Waals surface area contributed by atoms with Gasteiger partial charge < -0.3 is 9.47 Å². The highest BCUT2D eigenvalue weighted by atomic mass is 16.2. The molecule has 3 heterocycles. The van der Waals surface area contributed by atoms with Crippen molar-refractivity contribution in [2.24, 2.45) is 7.05 Å². The van der Waals surface area contributed by atoms with Gasteiger partial charge >= 0.3 is 0 Å². The molecule has 1 atom stereocenters. The van der Waals surface area contributed by atoms with Crippen LogP contribution in [0, 0.1) is 13.8 Å². The van der Waals surface area contributed by atoms with Gasteiger partial charge in [0.1, 0.15) is 0 Å². The number of aromatic nitrogens is 2. The van der Waals surface area contributed by atoms with Crippen LogP contribution in [0.5, 0.6) is 0 Å². The van der Waals surface area contributed by atoms with Gasteiger partial charge in [0.25, 0.3) is 0 Å². The molecule has 5 heteroatoms. The molecule has 0 aliphatic carbocycles. The summed E-state index contributed by atoms with van der Waals surface area (Å²) < 4.78 is 2.03. The number of hydrogen-bond acceptors (Lipinski definition) is 3. The minimum atomic E-state index is -0.0949. The number of benzene rings is 1. The largest absolute Gasteiger partial charge is 0.342 e. The van der Waals surface area contributed by atoms with E-state index in [0.717, 1.165) is 50.5 Å². The van der Waals surface area contributed by atoms with Gasteiger partial charge in [-0.3, -0.25) is 9.69 Å². The first kappa shape index (κ1) is 16.3. The maximum atomic E-state index is 13.0. The maximum absolute atomic E-state index is 13.0. The van der Waals surface area contributed by atoms with E-state index in [2.05, 4.69) is 41.9 Å². The molecule has 2 aliphatic heterocycles. The third-order valence-electron chi connectivity index (χ3n) is 5.36. The first-order chi connectivity index (χ1) is 12.0. The van der Waals surface area contributed by atoms with Crippen LogP contribution < -0.4 is 0 Å². The zero-order valence-corrected chi connectivity index (χ0v) is 15.3. The molecule has 25 heavy (non-hydrogen) atoms.